The largest absolute Gasteiger partial charge is 0.511 e. The highest BCUT2D eigenvalue weighted by Gasteiger charge is 2.47. The third-order valence-electron chi connectivity index (χ3n) is 6.82. The minimum Gasteiger partial charge on any atom is -0.511 e. The summed E-state index contributed by atoms with van der Waals surface area (Å²) in [6.45, 7) is 1.57. The maximum atomic E-state index is 13.8. The van der Waals surface area contributed by atoms with E-state index in [2.05, 4.69) is 14.4 Å². The first-order valence-electron chi connectivity index (χ1n) is 11.5. The number of fused-ring (bicyclic) bond motifs is 2. The molecule has 1 amide bonds. The highest BCUT2D eigenvalue weighted by atomic mass is 32.2. The van der Waals surface area contributed by atoms with E-state index in [-0.39, 0.29) is 63.5 Å². The lowest BCUT2D eigenvalue weighted by Gasteiger charge is -2.38. The molecular weight excluding hydrogens is 543 g/mol. The zero-order valence-corrected chi connectivity index (χ0v) is 22.4. The Labute approximate surface area is 218 Å². The van der Waals surface area contributed by atoms with Crippen LogP contribution in [-0.4, -0.2) is 50.9 Å². The van der Waals surface area contributed by atoms with Crippen molar-refractivity contribution in [1.29, 1.82) is 0 Å². The minimum absolute atomic E-state index is 0.168. The van der Waals surface area contributed by atoms with Crippen molar-refractivity contribution in [2.45, 2.75) is 50.2 Å². The van der Waals surface area contributed by atoms with E-state index in [1.54, 1.807) is 24.0 Å². The Kier molecular flexibility index (Phi) is 6.41. The van der Waals surface area contributed by atoms with E-state index in [9.17, 15) is 31.1 Å². The standard InChI is InChI=1S/C23H25FN4O6S3/c1-12-8-13(6-7-16(12)24)10-28-17-5-3-4-15(17)19(29)18(23(28)30)21-26-22-20(37(33,34)27-21)14(11-35-22)9-25-36(2,31)32/h6-8,11,15,17,25,29H,3-5,9-10H2,1-2H3,(H,26,27). The lowest BCUT2D eigenvalue weighted by Crippen LogP contribution is -2.49. The zero-order valence-electron chi connectivity index (χ0n) is 20.0. The Morgan fingerprint density at radius 1 is 1.32 bits per heavy atom. The molecule has 2 aliphatic heterocycles. The zero-order chi connectivity index (χ0) is 26.7. The van der Waals surface area contributed by atoms with Gasteiger partial charge in [-0.1, -0.05) is 18.6 Å². The number of carbonyl (C=O) groups excluding carboxylic acids is 1. The predicted octanol–water partition coefficient (Wildman–Crippen LogP) is 2.78. The molecule has 10 nitrogen and oxygen atoms in total. The summed E-state index contributed by atoms with van der Waals surface area (Å²) in [6.07, 6.45) is 3.05. The quantitative estimate of drug-likeness (QED) is 0.486. The van der Waals surface area contributed by atoms with Crippen LogP contribution in [-0.2, 0) is 37.9 Å². The van der Waals surface area contributed by atoms with Crippen LogP contribution in [0.1, 0.15) is 36.0 Å². The van der Waals surface area contributed by atoms with Crippen LogP contribution in [0.3, 0.4) is 0 Å². The van der Waals surface area contributed by atoms with E-state index in [1.807, 2.05) is 0 Å². The number of aryl methyl sites for hydroxylation is 1. The molecule has 1 aliphatic carbocycles. The molecule has 0 spiro atoms. The van der Waals surface area contributed by atoms with Gasteiger partial charge >= 0.3 is 0 Å². The molecule has 14 heteroatoms. The average Bonchev–Trinajstić information content (AvgIpc) is 3.45. The molecule has 1 saturated carbocycles. The van der Waals surface area contributed by atoms with Crippen LogP contribution in [0, 0.1) is 18.7 Å². The molecule has 0 bridgehead atoms. The minimum atomic E-state index is -4.31. The van der Waals surface area contributed by atoms with Gasteiger partial charge in [-0.15, -0.1) is 15.7 Å². The van der Waals surface area contributed by atoms with Crippen molar-refractivity contribution in [3.05, 3.63) is 57.4 Å². The van der Waals surface area contributed by atoms with E-state index in [0.29, 0.717) is 24.0 Å². The molecule has 3 heterocycles. The highest BCUT2D eigenvalue weighted by Crippen LogP contribution is 2.43. The van der Waals surface area contributed by atoms with Gasteiger partial charge in [0.15, 0.2) is 5.84 Å². The monoisotopic (exact) mass is 568 g/mol. The Morgan fingerprint density at radius 2 is 2.08 bits per heavy atom. The number of sulfonamides is 2. The molecule has 1 fully saturated rings. The number of carbonyl (C=O) groups is 1. The Balaban J connectivity index is 1.51. The number of thiophene rings is 1. The number of amidine groups is 1. The molecule has 2 unspecified atom stereocenters. The van der Waals surface area contributed by atoms with Gasteiger partial charge in [0.05, 0.1) is 6.26 Å². The summed E-state index contributed by atoms with van der Waals surface area (Å²) in [7, 11) is -7.87. The highest BCUT2D eigenvalue weighted by molar-refractivity contribution is 7.91. The average molecular weight is 569 g/mol. The molecule has 0 saturated heterocycles. The number of aliphatic hydroxyl groups is 1. The van der Waals surface area contributed by atoms with Crippen LogP contribution in [0.4, 0.5) is 9.39 Å². The summed E-state index contributed by atoms with van der Waals surface area (Å²) in [5.74, 6) is -1.76. The molecule has 5 rings (SSSR count). The van der Waals surface area contributed by atoms with Gasteiger partial charge in [-0.2, -0.15) is 8.42 Å². The van der Waals surface area contributed by atoms with Crippen molar-refractivity contribution in [2.24, 2.45) is 10.3 Å². The first-order chi connectivity index (χ1) is 17.4. The molecule has 2 atom stereocenters. The first-order valence-corrected chi connectivity index (χ1v) is 15.7. The lowest BCUT2D eigenvalue weighted by molar-refractivity contribution is -0.132. The second-order valence-corrected chi connectivity index (χ2v) is 13.7. The van der Waals surface area contributed by atoms with Crippen LogP contribution in [0.15, 0.2) is 44.2 Å². The van der Waals surface area contributed by atoms with Crippen LogP contribution in [0.25, 0.3) is 0 Å². The number of benzene rings is 1. The van der Waals surface area contributed by atoms with Crippen molar-refractivity contribution >= 4 is 48.1 Å². The number of halogens is 1. The normalized spacial score (nSPS) is 22.9. The summed E-state index contributed by atoms with van der Waals surface area (Å²) in [5.41, 5.74) is 1.17. The fourth-order valence-corrected chi connectivity index (χ4v) is 8.15. The summed E-state index contributed by atoms with van der Waals surface area (Å²) in [6, 6.07) is 4.33. The van der Waals surface area contributed by atoms with Crippen LogP contribution < -0.4 is 10.0 Å². The third kappa shape index (κ3) is 4.78. The third-order valence-corrected chi connectivity index (χ3v) is 9.96. The van der Waals surface area contributed by atoms with Gasteiger partial charge in [0.1, 0.15) is 27.0 Å². The molecular formula is C23H25FN4O6S3. The lowest BCUT2D eigenvalue weighted by atomic mass is 9.89. The van der Waals surface area contributed by atoms with Gasteiger partial charge in [0, 0.05) is 30.6 Å². The molecule has 1 aromatic carbocycles. The number of nitrogens with zero attached hydrogens (tertiary/aromatic N) is 2. The molecule has 0 radical (unpaired) electrons. The summed E-state index contributed by atoms with van der Waals surface area (Å²) < 4.78 is 69.2. The van der Waals surface area contributed by atoms with E-state index in [4.69, 9.17) is 0 Å². The number of hydrogen-bond donors (Lipinski definition) is 3. The number of rotatable bonds is 6. The van der Waals surface area contributed by atoms with Gasteiger partial charge in [-0.05, 0) is 42.3 Å². The summed E-state index contributed by atoms with van der Waals surface area (Å²) >= 11 is 1.03. The van der Waals surface area contributed by atoms with Crippen molar-refractivity contribution in [3.8, 4) is 0 Å². The molecule has 198 valence electrons. The molecule has 3 N–H and O–H groups in total. The smallest absolute Gasteiger partial charge is 0.287 e. The Bertz CT molecular complexity index is 1580. The molecule has 1 aromatic heterocycles. The van der Waals surface area contributed by atoms with Gasteiger partial charge in [-0.3, -0.25) is 4.79 Å². The Hall–Kier alpha value is -2.81. The van der Waals surface area contributed by atoms with Gasteiger partial charge in [0.25, 0.3) is 15.9 Å². The van der Waals surface area contributed by atoms with Crippen LogP contribution >= 0.6 is 11.3 Å². The second-order valence-electron chi connectivity index (χ2n) is 9.43. The van der Waals surface area contributed by atoms with Crippen LogP contribution in [0.5, 0.6) is 0 Å². The fourth-order valence-electron chi connectivity index (χ4n) is 5.12. The molecule has 37 heavy (non-hydrogen) atoms. The van der Waals surface area contributed by atoms with E-state index in [0.717, 1.165) is 24.0 Å². The molecule has 3 aliphatic rings. The van der Waals surface area contributed by atoms with E-state index >= 15 is 0 Å². The Morgan fingerprint density at radius 3 is 2.78 bits per heavy atom. The predicted molar refractivity (Wildman–Crippen MR) is 137 cm³/mol. The maximum Gasteiger partial charge on any atom is 0.287 e. The second kappa shape index (κ2) is 9.19. The number of aliphatic hydroxyl groups excluding tert-OH is 1. The summed E-state index contributed by atoms with van der Waals surface area (Å²) in [5, 5.41) is 15.7. The van der Waals surface area contributed by atoms with E-state index in [1.165, 1.54) is 11.4 Å². The molecule has 2 aromatic rings. The number of nitrogens with one attached hydrogen (secondary N) is 2. The van der Waals surface area contributed by atoms with Crippen molar-refractivity contribution in [1.82, 2.24) is 9.62 Å². The summed E-state index contributed by atoms with van der Waals surface area (Å²) in [4.78, 5) is 15.2. The van der Waals surface area contributed by atoms with Gasteiger partial charge in [-0.25, -0.2) is 17.5 Å². The topological polar surface area (TPSA) is 145 Å². The first kappa shape index (κ1) is 25.8. The van der Waals surface area contributed by atoms with Crippen LogP contribution in [0.2, 0.25) is 0 Å². The van der Waals surface area contributed by atoms with Crippen molar-refractivity contribution < 1.29 is 31.1 Å². The number of hydrogen-bond acceptors (Lipinski definition) is 8. The maximum absolute atomic E-state index is 13.8. The van der Waals surface area contributed by atoms with Crippen molar-refractivity contribution in [3.63, 3.8) is 0 Å². The number of amides is 1. The van der Waals surface area contributed by atoms with E-state index < -0.39 is 26.0 Å². The van der Waals surface area contributed by atoms with Gasteiger partial charge < -0.3 is 15.3 Å². The number of anilines is 1. The van der Waals surface area contributed by atoms with Crippen molar-refractivity contribution in [2.75, 3.05) is 11.6 Å². The SMILES string of the molecule is Cc1cc(CN2C(=O)C(C3=NS(=O)(=O)c4c(CNS(C)(=O)=O)csc4N3)=C(O)C3CCCC32)ccc1F. The van der Waals surface area contributed by atoms with Gasteiger partial charge in [0.2, 0.25) is 10.0 Å². The fraction of sp³-hybridized carbons (Fsp3) is 0.391.